The first-order valence-electron chi connectivity index (χ1n) is 5.50. The van der Waals surface area contributed by atoms with E-state index in [4.69, 9.17) is 15.2 Å². The van der Waals surface area contributed by atoms with E-state index in [9.17, 15) is 0 Å². The molecular weight excluding hydrogens is 218 g/mol. The van der Waals surface area contributed by atoms with Gasteiger partial charge in [-0.3, -0.25) is 4.99 Å². The van der Waals surface area contributed by atoms with E-state index in [0.717, 1.165) is 12.1 Å². The van der Waals surface area contributed by atoms with Crippen molar-refractivity contribution < 1.29 is 9.47 Å². The van der Waals surface area contributed by atoms with Gasteiger partial charge in [-0.05, 0) is 18.6 Å². The molecule has 0 unspecified atom stereocenters. The van der Waals surface area contributed by atoms with Crippen LogP contribution in [0.2, 0.25) is 0 Å². The number of anilines is 1. The molecule has 0 saturated carbocycles. The Hall–Kier alpha value is -1.91. The second kappa shape index (κ2) is 6.62. The molecule has 17 heavy (non-hydrogen) atoms. The third-order valence-electron chi connectivity index (χ3n) is 2.16. The van der Waals surface area contributed by atoms with Crippen molar-refractivity contribution in [2.24, 2.45) is 10.7 Å². The number of methoxy groups -OCH3 is 2. The summed E-state index contributed by atoms with van der Waals surface area (Å²) in [7, 11) is 3.19. The summed E-state index contributed by atoms with van der Waals surface area (Å²) in [5.41, 5.74) is 6.54. The van der Waals surface area contributed by atoms with Gasteiger partial charge in [0, 0.05) is 18.3 Å². The van der Waals surface area contributed by atoms with Gasteiger partial charge in [0.15, 0.2) is 17.5 Å². The first-order valence-corrected chi connectivity index (χ1v) is 5.50. The van der Waals surface area contributed by atoms with Crippen molar-refractivity contribution in [2.75, 3.05) is 26.1 Å². The maximum absolute atomic E-state index is 5.72. The van der Waals surface area contributed by atoms with Crippen LogP contribution in [0.5, 0.6) is 11.5 Å². The molecule has 0 aromatic heterocycles. The molecule has 1 rings (SSSR count). The number of nitrogens with two attached hydrogens (primary N) is 1. The third-order valence-corrected chi connectivity index (χ3v) is 2.16. The minimum absolute atomic E-state index is 0.402. The van der Waals surface area contributed by atoms with Crippen LogP contribution in [0.1, 0.15) is 13.3 Å². The number of ether oxygens (including phenoxy) is 2. The maximum Gasteiger partial charge on any atom is 0.193 e. The quantitative estimate of drug-likeness (QED) is 0.605. The van der Waals surface area contributed by atoms with Gasteiger partial charge in [0.25, 0.3) is 0 Å². The molecule has 0 bridgehead atoms. The molecule has 0 saturated heterocycles. The molecule has 1 aromatic rings. The van der Waals surface area contributed by atoms with E-state index in [1.165, 1.54) is 0 Å². The number of nitrogens with zero attached hydrogens (tertiary/aromatic N) is 1. The number of benzene rings is 1. The van der Waals surface area contributed by atoms with Crippen molar-refractivity contribution in [3.63, 3.8) is 0 Å². The molecule has 0 atom stereocenters. The Labute approximate surface area is 102 Å². The number of guanidine groups is 1. The lowest BCUT2D eigenvalue weighted by molar-refractivity contribution is 0.355. The van der Waals surface area contributed by atoms with Crippen molar-refractivity contribution in [3.8, 4) is 11.5 Å². The predicted molar refractivity (Wildman–Crippen MR) is 69.9 cm³/mol. The Morgan fingerprint density at radius 1 is 1.29 bits per heavy atom. The fourth-order valence-corrected chi connectivity index (χ4v) is 1.33. The zero-order valence-electron chi connectivity index (χ0n) is 10.5. The van der Waals surface area contributed by atoms with Crippen molar-refractivity contribution in [3.05, 3.63) is 18.2 Å². The van der Waals surface area contributed by atoms with Crippen LogP contribution in [-0.2, 0) is 0 Å². The van der Waals surface area contributed by atoms with Crippen LogP contribution in [0.25, 0.3) is 0 Å². The molecule has 0 fully saturated rings. The van der Waals surface area contributed by atoms with Crippen LogP contribution >= 0.6 is 0 Å². The molecule has 3 N–H and O–H groups in total. The van der Waals surface area contributed by atoms with E-state index in [1.807, 2.05) is 25.1 Å². The Balaban J connectivity index is 2.78. The van der Waals surface area contributed by atoms with Gasteiger partial charge in [0.2, 0.25) is 0 Å². The second-order valence-corrected chi connectivity index (χ2v) is 3.46. The van der Waals surface area contributed by atoms with E-state index in [0.29, 0.717) is 24.0 Å². The van der Waals surface area contributed by atoms with Gasteiger partial charge in [-0.25, -0.2) is 0 Å². The Morgan fingerprint density at radius 2 is 2.00 bits per heavy atom. The van der Waals surface area contributed by atoms with E-state index >= 15 is 0 Å². The fraction of sp³-hybridized carbons (Fsp3) is 0.417. The molecule has 94 valence electrons. The first-order chi connectivity index (χ1) is 8.21. The van der Waals surface area contributed by atoms with E-state index in [1.54, 1.807) is 14.2 Å². The highest BCUT2D eigenvalue weighted by molar-refractivity contribution is 5.92. The summed E-state index contributed by atoms with van der Waals surface area (Å²) in [6.07, 6.45) is 0.967. The topological polar surface area (TPSA) is 68.9 Å². The van der Waals surface area contributed by atoms with Crippen LogP contribution in [-0.4, -0.2) is 26.7 Å². The normalized spacial score (nSPS) is 11.1. The summed E-state index contributed by atoms with van der Waals surface area (Å²) in [5.74, 6) is 1.74. The van der Waals surface area contributed by atoms with E-state index < -0.39 is 0 Å². The molecular formula is C12H19N3O2. The molecule has 0 heterocycles. The van der Waals surface area contributed by atoms with Gasteiger partial charge in [-0.15, -0.1) is 0 Å². The number of hydrogen-bond acceptors (Lipinski definition) is 3. The monoisotopic (exact) mass is 237 g/mol. The van der Waals surface area contributed by atoms with Crippen molar-refractivity contribution in [1.82, 2.24) is 0 Å². The molecule has 0 aliphatic heterocycles. The van der Waals surface area contributed by atoms with Gasteiger partial charge in [0.1, 0.15) is 0 Å². The Kier molecular flexibility index (Phi) is 5.13. The summed E-state index contributed by atoms with van der Waals surface area (Å²) in [6, 6.07) is 5.48. The third kappa shape index (κ3) is 3.86. The summed E-state index contributed by atoms with van der Waals surface area (Å²) in [5, 5.41) is 2.99. The lowest BCUT2D eigenvalue weighted by atomic mass is 10.3. The highest BCUT2D eigenvalue weighted by atomic mass is 16.5. The molecule has 5 nitrogen and oxygen atoms in total. The van der Waals surface area contributed by atoms with Crippen molar-refractivity contribution in [2.45, 2.75) is 13.3 Å². The van der Waals surface area contributed by atoms with E-state index in [2.05, 4.69) is 10.3 Å². The number of hydrogen-bond donors (Lipinski definition) is 2. The average molecular weight is 237 g/mol. The Bertz CT molecular complexity index is 391. The zero-order chi connectivity index (χ0) is 12.7. The largest absolute Gasteiger partial charge is 0.493 e. The number of nitrogens with one attached hydrogen (secondary N) is 1. The highest BCUT2D eigenvalue weighted by Crippen LogP contribution is 2.29. The molecule has 0 aliphatic rings. The van der Waals surface area contributed by atoms with Gasteiger partial charge in [-0.2, -0.15) is 0 Å². The molecule has 0 radical (unpaired) electrons. The van der Waals surface area contributed by atoms with Crippen LogP contribution in [0.15, 0.2) is 23.2 Å². The van der Waals surface area contributed by atoms with Gasteiger partial charge < -0.3 is 20.5 Å². The molecule has 0 amide bonds. The standard InChI is InChI=1S/C12H19N3O2/c1-4-7-14-12(13)15-9-5-6-10(16-2)11(8-9)17-3/h5-6,8H,4,7H2,1-3H3,(H3,13,14,15). The molecule has 5 heteroatoms. The number of aliphatic imine (C=N–C) groups is 1. The SMILES string of the molecule is CCCN=C(N)Nc1ccc(OC)c(OC)c1. The smallest absolute Gasteiger partial charge is 0.193 e. The Morgan fingerprint density at radius 3 is 2.59 bits per heavy atom. The minimum atomic E-state index is 0.402. The van der Waals surface area contributed by atoms with Crippen molar-refractivity contribution in [1.29, 1.82) is 0 Å². The predicted octanol–water partition coefficient (Wildman–Crippen LogP) is 1.84. The number of rotatable bonds is 5. The maximum atomic E-state index is 5.72. The lowest BCUT2D eigenvalue weighted by Crippen LogP contribution is -2.22. The summed E-state index contributed by atoms with van der Waals surface area (Å²) >= 11 is 0. The first kappa shape index (κ1) is 13.2. The molecule has 1 aromatic carbocycles. The van der Waals surface area contributed by atoms with Gasteiger partial charge in [-0.1, -0.05) is 6.92 Å². The zero-order valence-corrected chi connectivity index (χ0v) is 10.5. The van der Waals surface area contributed by atoms with Crippen LogP contribution in [0.4, 0.5) is 5.69 Å². The van der Waals surface area contributed by atoms with E-state index in [-0.39, 0.29) is 0 Å². The molecule has 0 aliphatic carbocycles. The summed E-state index contributed by atoms with van der Waals surface area (Å²) in [4.78, 5) is 4.15. The summed E-state index contributed by atoms with van der Waals surface area (Å²) < 4.78 is 10.3. The highest BCUT2D eigenvalue weighted by Gasteiger charge is 2.04. The van der Waals surface area contributed by atoms with Crippen molar-refractivity contribution >= 4 is 11.6 Å². The lowest BCUT2D eigenvalue weighted by Gasteiger charge is -2.10. The van der Waals surface area contributed by atoms with Crippen LogP contribution in [0.3, 0.4) is 0 Å². The van der Waals surface area contributed by atoms with Gasteiger partial charge >= 0.3 is 0 Å². The molecule has 0 spiro atoms. The fourth-order valence-electron chi connectivity index (χ4n) is 1.33. The van der Waals surface area contributed by atoms with Crippen LogP contribution in [0, 0.1) is 0 Å². The van der Waals surface area contributed by atoms with Gasteiger partial charge in [0.05, 0.1) is 14.2 Å². The average Bonchev–Trinajstić information content (AvgIpc) is 2.36. The summed E-state index contributed by atoms with van der Waals surface area (Å²) in [6.45, 7) is 2.76. The minimum Gasteiger partial charge on any atom is -0.493 e. The van der Waals surface area contributed by atoms with Crippen LogP contribution < -0.4 is 20.5 Å². The second-order valence-electron chi connectivity index (χ2n) is 3.46.